The highest BCUT2D eigenvalue weighted by Gasteiger charge is 2.10. The van der Waals surface area contributed by atoms with Crippen molar-refractivity contribution in [2.24, 2.45) is 0 Å². The molecule has 0 saturated heterocycles. The lowest BCUT2D eigenvalue weighted by atomic mass is 10.2. The van der Waals surface area contributed by atoms with Gasteiger partial charge in [-0.25, -0.2) is 4.68 Å². The molecule has 0 aliphatic carbocycles. The number of benzene rings is 1. The molecule has 0 bridgehead atoms. The fourth-order valence-electron chi connectivity index (χ4n) is 1.81. The maximum absolute atomic E-state index is 8.85. The normalized spacial score (nSPS) is 11.0. The smallest absolute Gasteiger partial charge is 0.247 e. The average molecular weight is 350 g/mol. The predicted molar refractivity (Wildman–Crippen MR) is 77.3 cm³/mol. The number of aliphatic hydroxyl groups is 1. The standard InChI is InChI=1S/C13H12BrN5O2/c14-10-3-1-9(2-4-10)13-17-16-12(21-13)8-19-7-11(5-6-20)15-18-19/h1-4,7,20H,5-6,8H2. The minimum atomic E-state index is 0.0486. The van der Waals surface area contributed by atoms with Crippen molar-refractivity contribution in [3.05, 3.63) is 46.5 Å². The molecule has 0 spiro atoms. The summed E-state index contributed by atoms with van der Waals surface area (Å²) in [7, 11) is 0. The van der Waals surface area contributed by atoms with E-state index in [0.29, 0.717) is 24.7 Å². The first-order valence-corrected chi connectivity index (χ1v) is 7.12. The molecule has 3 aromatic rings. The van der Waals surface area contributed by atoms with Gasteiger partial charge in [-0.05, 0) is 24.3 Å². The van der Waals surface area contributed by atoms with Crippen molar-refractivity contribution in [3.8, 4) is 11.5 Å². The molecule has 0 atom stereocenters. The Bertz CT molecular complexity index is 722. The molecule has 2 heterocycles. The molecule has 0 saturated carbocycles. The van der Waals surface area contributed by atoms with Gasteiger partial charge in [0, 0.05) is 29.3 Å². The monoisotopic (exact) mass is 349 g/mol. The molecule has 2 aromatic heterocycles. The van der Waals surface area contributed by atoms with E-state index in [1.165, 1.54) is 0 Å². The Morgan fingerprint density at radius 1 is 1.14 bits per heavy atom. The van der Waals surface area contributed by atoms with E-state index in [1.807, 2.05) is 24.3 Å². The molecule has 0 aliphatic heterocycles. The summed E-state index contributed by atoms with van der Waals surface area (Å²) in [4.78, 5) is 0. The first-order chi connectivity index (χ1) is 10.2. The molecule has 108 valence electrons. The van der Waals surface area contributed by atoms with Crippen LogP contribution in [-0.2, 0) is 13.0 Å². The summed E-state index contributed by atoms with van der Waals surface area (Å²) in [6.07, 6.45) is 2.23. The maximum atomic E-state index is 8.85. The number of hydrogen-bond donors (Lipinski definition) is 1. The molecule has 0 unspecified atom stereocenters. The second kappa shape index (κ2) is 6.15. The second-order valence-corrected chi connectivity index (χ2v) is 5.30. The van der Waals surface area contributed by atoms with E-state index >= 15 is 0 Å². The summed E-state index contributed by atoms with van der Waals surface area (Å²) in [5.41, 5.74) is 1.58. The van der Waals surface area contributed by atoms with Crippen LogP contribution in [0.1, 0.15) is 11.6 Å². The van der Waals surface area contributed by atoms with E-state index in [4.69, 9.17) is 9.52 Å². The van der Waals surface area contributed by atoms with Crippen molar-refractivity contribution in [3.63, 3.8) is 0 Å². The molecule has 3 rings (SSSR count). The zero-order valence-electron chi connectivity index (χ0n) is 11.0. The van der Waals surface area contributed by atoms with Gasteiger partial charge in [-0.2, -0.15) is 0 Å². The number of aliphatic hydroxyl groups excluding tert-OH is 1. The van der Waals surface area contributed by atoms with E-state index < -0.39 is 0 Å². The summed E-state index contributed by atoms with van der Waals surface area (Å²) in [5.74, 6) is 0.918. The fourth-order valence-corrected chi connectivity index (χ4v) is 2.07. The summed E-state index contributed by atoms with van der Waals surface area (Å²) in [6, 6.07) is 7.63. The van der Waals surface area contributed by atoms with Crippen molar-refractivity contribution in [2.75, 3.05) is 6.61 Å². The summed E-state index contributed by atoms with van der Waals surface area (Å²) >= 11 is 3.38. The van der Waals surface area contributed by atoms with Gasteiger partial charge in [0.15, 0.2) is 0 Å². The SMILES string of the molecule is OCCc1cn(Cc2nnc(-c3ccc(Br)cc3)o2)nn1. The summed E-state index contributed by atoms with van der Waals surface area (Å²) < 4.78 is 8.20. The first kappa shape index (κ1) is 13.9. The van der Waals surface area contributed by atoms with Crippen LogP contribution < -0.4 is 0 Å². The van der Waals surface area contributed by atoms with Crippen LogP contribution in [0.2, 0.25) is 0 Å². The van der Waals surface area contributed by atoms with Gasteiger partial charge in [0.25, 0.3) is 0 Å². The third-order valence-corrected chi connectivity index (χ3v) is 3.34. The number of nitrogens with zero attached hydrogens (tertiary/aromatic N) is 5. The van der Waals surface area contributed by atoms with Crippen molar-refractivity contribution in [1.29, 1.82) is 0 Å². The van der Waals surface area contributed by atoms with Gasteiger partial charge in [-0.3, -0.25) is 0 Å². The minimum absolute atomic E-state index is 0.0486. The lowest BCUT2D eigenvalue weighted by Crippen LogP contribution is -2.00. The van der Waals surface area contributed by atoms with Crippen LogP contribution >= 0.6 is 15.9 Å². The van der Waals surface area contributed by atoms with Crippen molar-refractivity contribution in [1.82, 2.24) is 25.2 Å². The highest BCUT2D eigenvalue weighted by Crippen LogP contribution is 2.20. The summed E-state index contributed by atoms with van der Waals surface area (Å²) in [6.45, 7) is 0.398. The second-order valence-electron chi connectivity index (χ2n) is 4.39. The van der Waals surface area contributed by atoms with Gasteiger partial charge in [-0.15, -0.1) is 15.3 Å². The number of halogens is 1. The average Bonchev–Trinajstić information content (AvgIpc) is 3.11. The van der Waals surface area contributed by atoms with Crippen LogP contribution in [0.25, 0.3) is 11.5 Å². The Kier molecular flexibility index (Phi) is 4.07. The molecule has 8 heteroatoms. The van der Waals surface area contributed by atoms with Crippen LogP contribution in [0, 0.1) is 0 Å². The van der Waals surface area contributed by atoms with Crippen molar-refractivity contribution < 1.29 is 9.52 Å². The summed E-state index contributed by atoms with van der Waals surface area (Å²) in [5, 5.41) is 24.7. The van der Waals surface area contributed by atoms with E-state index in [0.717, 1.165) is 15.7 Å². The highest BCUT2D eigenvalue weighted by atomic mass is 79.9. The van der Waals surface area contributed by atoms with Crippen LogP contribution in [0.3, 0.4) is 0 Å². The van der Waals surface area contributed by atoms with Gasteiger partial charge in [0.2, 0.25) is 11.8 Å². The molecule has 0 amide bonds. The zero-order valence-corrected chi connectivity index (χ0v) is 12.6. The van der Waals surface area contributed by atoms with Crippen LogP contribution in [0.4, 0.5) is 0 Å². The Morgan fingerprint density at radius 2 is 1.95 bits per heavy atom. The van der Waals surface area contributed by atoms with Gasteiger partial charge >= 0.3 is 0 Å². The third kappa shape index (κ3) is 3.34. The minimum Gasteiger partial charge on any atom is -0.419 e. The van der Waals surface area contributed by atoms with Crippen LogP contribution in [-0.4, -0.2) is 36.9 Å². The fraction of sp³-hybridized carbons (Fsp3) is 0.231. The largest absolute Gasteiger partial charge is 0.419 e. The molecule has 0 fully saturated rings. The Morgan fingerprint density at radius 3 is 2.71 bits per heavy atom. The molecule has 1 aromatic carbocycles. The van der Waals surface area contributed by atoms with Crippen LogP contribution in [0.15, 0.2) is 39.4 Å². The number of rotatable bonds is 5. The molecular weight excluding hydrogens is 338 g/mol. The predicted octanol–water partition coefficient (Wildman–Crippen LogP) is 1.67. The zero-order chi connectivity index (χ0) is 14.7. The van der Waals surface area contributed by atoms with E-state index in [2.05, 4.69) is 36.4 Å². The van der Waals surface area contributed by atoms with Gasteiger partial charge in [0.05, 0.1) is 5.69 Å². The molecule has 21 heavy (non-hydrogen) atoms. The molecule has 7 nitrogen and oxygen atoms in total. The Hall–Kier alpha value is -2.06. The Balaban J connectivity index is 1.73. The van der Waals surface area contributed by atoms with Gasteiger partial charge in [0.1, 0.15) is 6.54 Å². The van der Waals surface area contributed by atoms with Crippen molar-refractivity contribution in [2.45, 2.75) is 13.0 Å². The van der Waals surface area contributed by atoms with E-state index in [1.54, 1.807) is 10.9 Å². The van der Waals surface area contributed by atoms with E-state index in [9.17, 15) is 0 Å². The number of hydrogen-bond acceptors (Lipinski definition) is 6. The van der Waals surface area contributed by atoms with Crippen molar-refractivity contribution >= 4 is 15.9 Å². The number of aromatic nitrogens is 5. The lowest BCUT2D eigenvalue weighted by Gasteiger charge is -1.95. The van der Waals surface area contributed by atoms with Gasteiger partial charge < -0.3 is 9.52 Å². The molecular formula is C13H12BrN5O2. The molecule has 0 radical (unpaired) electrons. The third-order valence-electron chi connectivity index (χ3n) is 2.81. The topological polar surface area (TPSA) is 89.9 Å². The van der Waals surface area contributed by atoms with Crippen LogP contribution in [0.5, 0.6) is 0 Å². The molecule has 0 aliphatic rings. The highest BCUT2D eigenvalue weighted by molar-refractivity contribution is 9.10. The first-order valence-electron chi connectivity index (χ1n) is 6.33. The Labute approximate surface area is 128 Å². The maximum Gasteiger partial charge on any atom is 0.247 e. The van der Waals surface area contributed by atoms with E-state index in [-0.39, 0.29) is 6.61 Å². The van der Waals surface area contributed by atoms with Gasteiger partial charge in [-0.1, -0.05) is 21.1 Å². The molecule has 1 N–H and O–H groups in total. The quantitative estimate of drug-likeness (QED) is 0.753. The lowest BCUT2D eigenvalue weighted by molar-refractivity contribution is 0.298.